The number of allylic oxidation sites excluding steroid dienone is 1. The molecule has 21 heavy (non-hydrogen) atoms. The van der Waals surface area contributed by atoms with E-state index in [1.165, 1.54) is 24.3 Å². The van der Waals surface area contributed by atoms with Gasteiger partial charge in [0.15, 0.2) is 6.10 Å². The van der Waals surface area contributed by atoms with Gasteiger partial charge >= 0.3 is 5.97 Å². The van der Waals surface area contributed by atoms with Gasteiger partial charge in [-0.05, 0) is 43.2 Å². The third-order valence-electron chi connectivity index (χ3n) is 3.00. The second-order valence-corrected chi connectivity index (χ2v) is 5.15. The van der Waals surface area contributed by atoms with E-state index >= 15 is 0 Å². The van der Waals surface area contributed by atoms with Crippen molar-refractivity contribution in [2.75, 3.05) is 0 Å². The number of ether oxygens (including phenoxy) is 1. The van der Waals surface area contributed by atoms with Crippen LogP contribution in [0.25, 0.3) is 0 Å². The molecule has 0 saturated heterocycles. The van der Waals surface area contributed by atoms with E-state index in [0.29, 0.717) is 5.56 Å². The molecule has 0 saturated carbocycles. The Balaban J connectivity index is 2.85. The summed E-state index contributed by atoms with van der Waals surface area (Å²) in [7, 11) is 0. The Morgan fingerprint density at radius 1 is 1.38 bits per heavy atom. The summed E-state index contributed by atoms with van der Waals surface area (Å²) in [6.45, 7) is 9.60. The number of rotatable bonds is 5. The number of esters is 1. The van der Waals surface area contributed by atoms with Crippen LogP contribution in [0.5, 0.6) is 0 Å². The van der Waals surface area contributed by atoms with Gasteiger partial charge in [-0.3, -0.25) is 0 Å². The molecule has 0 bridgehead atoms. The maximum absolute atomic E-state index is 12.9. The number of carbonyl (C=O) groups excluding carboxylic acids is 1. The van der Waals surface area contributed by atoms with Gasteiger partial charge in [0.1, 0.15) is 5.82 Å². The Bertz CT molecular complexity index is 549. The number of benzene rings is 1. The Morgan fingerprint density at radius 3 is 2.52 bits per heavy atom. The SMILES string of the molecule is C=C(C)C#CC(OC(=O)c1ccc(F)cc1)C(C)CCC. The van der Waals surface area contributed by atoms with Gasteiger partial charge in [0.05, 0.1) is 5.56 Å². The normalized spacial score (nSPS) is 12.8. The minimum atomic E-state index is -0.487. The van der Waals surface area contributed by atoms with Crippen molar-refractivity contribution in [3.63, 3.8) is 0 Å². The minimum absolute atomic E-state index is 0.131. The van der Waals surface area contributed by atoms with Gasteiger partial charge in [-0.2, -0.15) is 0 Å². The summed E-state index contributed by atoms with van der Waals surface area (Å²) in [5, 5.41) is 0. The van der Waals surface area contributed by atoms with Crippen LogP contribution in [0.1, 0.15) is 44.0 Å². The molecule has 3 heteroatoms. The molecule has 1 aromatic rings. The molecular formula is C18H21FO2. The van der Waals surface area contributed by atoms with Crippen molar-refractivity contribution in [1.82, 2.24) is 0 Å². The molecular weight excluding hydrogens is 267 g/mol. The average molecular weight is 288 g/mol. The molecule has 0 heterocycles. The molecule has 1 aromatic carbocycles. The zero-order valence-electron chi connectivity index (χ0n) is 12.8. The second-order valence-electron chi connectivity index (χ2n) is 5.15. The van der Waals surface area contributed by atoms with Crippen LogP contribution < -0.4 is 0 Å². The summed E-state index contributed by atoms with van der Waals surface area (Å²) in [5.41, 5.74) is 1.05. The topological polar surface area (TPSA) is 26.3 Å². The Hall–Kier alpha value is -2.08. The summed E-state index contributed by atoms with van der Waals surface area (Å²) in [5.74, 6) is 5.08. The molecule has 0 spiro atoms. The lowest BCUT2D eigenvalue weighted by molar-refractivity contribution is 0.0305. The summed E-state index contributed by atoms with van der Waals surface area (Å²) in [4.78, 5) is 12.1. The van der Waals surface area contributed by atoms with Crippen molar-refractivity contribution in [3.8, 4) is 11.8 Å². The number of carbonyl (C=O) groups is 1. The number of hydrogen-bond acceptors (Lipinski definition) is 2. The number of hydrogen-bond donors (Lipinski definition) is 0. The lowest BCUT2D eigenvalue weighted by Gasteiger charge is -2.19. The highest BCUT2D eigenvalue weighted by atomic mass is 19.1. The molecule has 0 fully saturated rings. The van der Waals surface area contributed by atoms with E-state index in [1.807, 2.05) is 6.92 Å². The van der Waals surface area contributed by atoms with Crippen LogP contribution in [0.4, 0.5) is 4.39 Å². The lowest BCUT2D eigenvalue weighted by Crippen LogP contribution is -2.24. The van der Waals surface area contributed by atoms with Crippen LogP contribution in [0.15, 0.2) is 36.4 Å². The van der Waals surface area contributed by atoms with Gasteiger partial charge < -0.3 is 4.74 Å². The van der Waals surface area contributed by atoms with Gasteiger partial charge in [-0.25, -0.2) is 9.18 Å². The number of halogens is 1. The molecule has 2 unspecified atom stereocenters. The van der Waals surface area contributed by atoms with E-state index in [4.69, 9.17) is 4.74 Å². The zero-order chi connectivity index (χ0) is 15.8. The maximum Gasteiger partial charge on any atom is 0.339 e. The van der Waals surface area contributed by atoms with Crippen LogP contribution in [0.3, 0.4) is 0 Å². The maximum atomic E-state index is 12.9. The quantitative estimate of drug-likeness (QED) is 0.594. The van der Waals surface area contributed by atoms with E-state index in [0.717, 1.165) is 18.4 Å². The van der Waals surface area contributed by atoms with Crippen LogP contribution in [0, 0.1) is 23.6 Å². The largest absolute Gasteiger partial charge is 0.445 e. The van der Waals surface area contributed by atoms with Crippen LogP contribution in [-0.4, -0.2) is 12.1 Å². The molecule has 0 radical (unpaired) electrons. The van der Waals surface area contributed by atoms with Crippen LogP contribution >= 0.6 is 0 Å². The van der Waals surface area contributed by atoms with Crippen LogP contribution in [-0.2, 0) is 4.74 Å². The summed E-state index contributed by atoms with van der Waals surface area (Å²) in [6.07, 6.45) is 1.41. The van der Waals surface area contributed by atoms with Gasteiger partial charge in [-0.15, -0.1) is 0 Å². The molecule has 2 nitrogen and oxygen atoms in total. The van der Waals surface area contributed by atoms with Crippen molar-refractivity contribution >= 4 is 5.97 Å². The molecule has 0 aliphatic heterocycles. The van der Waals surface area contributed by atoms with Gasteiger partial charge in [0.2, 0.25) is 0 Å². The second kappa shape index (κ2) is 8.26. The predicted octanol–water partition coefficient (Wildman–Crippen LogP) is 4.37. The first kappa shape index (κ1) is 17.0. The first-order chi connectivity index (χ1) is 9.93. The monoisotopic (exact) mass is 288 g/mol. The molecule has 0 N–H and O–H groups in total. The van der Waals surface area contributed by atoms with E-state index in [2.05, 4.69) is 25.3 Å². The lowest BCUT2D eigenvalue weighted by atomic mass is 9.99. The Morgan fingerprint density at radius 2 is 2.00 bits per heavy atom. The van der Waals surface area contributed by atoms with E-state index in [1.54, 1.807) is 6.92 Å². The minimum Gasteiger partial charge on any atom is -0.445 e. The smallest absolute Gasteiger partial charge is 0.339 e. The van der Waals surface area contributed by atoms with E-state index < -0.39 is 12.1 Å². The molecule has 1 rings (SSSR count). The fraction of sp³-hybridized carbons (Fsp3) is 0.389. The standard InChI is InChI=1S/C18H21FO2/c1-5-6-14(4)17(12-7-13(2)3)21-18(20)15-8-10-16(19)11-9-15/h8-11,14,17H,2,5-6H2,1,3-4H3. The Kier molecular flexibility index (Phi) is 6.68. The molecule has 112 valence electrons. The average Bonchev–Trinajstić information content (AvgIpc) is 2.43. The highest BCUT2D eigenvalue weighted by Gasteiger charge is 2.20. The van der Waals surface area contributed by atoms with E-state index in [9.17, 15) is 9.18 Å². The van der Waals surface area contributed by atoms with Crippen molar-refractivity contribution in [2.45, 2.75) is 39.7 Å². The molecule has 0 aliphatic rings. The van der Waals surface area contributed by atoms with Gasteiger partial charge in [0.25, 0.3) is 0 Å². The molecule has 0 aliphatic carbocycles. The summed E-state index contributed by atoms with van der Waals surface area (Å²) in [6, 6.07) is 5.29. The van der Waals surface area contributed by atoms with Crippen LogP contribution in [0.2, 0.25) is 0 Å². The Labute approximate surface area is 126 Å². The third kappa shape index (κ3) is 5.83. The highest BCUT2D eigenvalue weighted by Crippen LogP contribution is 2.16. The predicted molar refractivity (Wildman–Crippen MR) is 82.3 cm³/mol. The first-order valence-electron chi connectivity index (χ1n) is 7.07. The van der Waals surface area contributed by atoms with Gasteiger partial charge in [-0.1, -0.05) is 38.7 Å². The van der Waals surface area contributed by atoms with E-state index in [-0.39, 0.29) is 11.7 Å². The fourth-order valence-electron chi connectivity index (χ4n) is 1.86. The van der Waals surface area contributed by atoms with Gasteiger partial charge in [0, 0.05) is 5.92 Å². The molecule has 2 atom stereocenters. The van der Waals surface area contributed by atoms with Crippen molar-refractivity contribution < 1.29 is 13.9 Å². The molecule has 0 amide bonds. The first-order valence-corrected chi connectivity index (χ1v) is 7.07. The summed E-state index contributed by atoms with van der Waals surface area (Å²) < 4.78 is 18.3. The summed E-state index contributed by atoms with van der Waals surface area (Å²) >= 11 is 0. The third-order valence-corrected chi connectivity index (χ3v) is 3.00. The highest BCUT2D eigenvalue weighted by molar-refractivity contribution is 5.89. The van der Waals surface area contributed by atoms with Crippen molar-refractivity contribution in [1.29, 1.82) is 0 Å². The fourth-order valence-corrected chi connectivity index (χ4v) is 1.86. The van der Waals surface area contributed by atoms with Crippen molar-refractivity contribution in [3.05, 3.63) is 47.8 Å². The zero-order valence-corrected chi connectivity index (χ0v) is 12.8. The van der Waals surface area contributed by atoms with Crippen molar-refractivity contribution in [2.24, 2.45) is 5.92 Å². The molecule has 0 aromatic heterocycles.